The molecule has 4 rings (SSSR count). The fourth-order valence-corrected chi connectivity index (χ4v) is 2.98. The number of nitrogens with one attached hydrogen (secondary N) is 1. The molecule has 3 aromatic rings. The number of nitrogens with two attached hydrogens (primary N) is 1. The Labute approximate surface area is 133 Å². The van der Waals surface area contributed by atoms with Gasteiger partial charge in [0.15, 0.2) is 0 Å². The summed E-state index contributed by atoms with van der Waals surface area (Å²) in [4.78, 5) is 11.0. The molecule has 118 valence electrons. The number of H-pyrrole nitrogens is 1. The van der Waals surface area contributed by atoms with Crippen LogP contribution in [-0.2, 0) is 4.74 Å². The van der Waals surface area contributed by atoms with Crippen LogP contribution in [-0.4, -0.2) is 46.5 Å². The van der Waals surface area contributed by atoms with Crippen LogP contribution in [0.2, 0.25) is 0 Å². The number of hydrogen-bond donors (Lipinski definition) is 2. The van der Waals surface area contributed by atoms with E-state index in [0.717, 1.165) is 41.0 Å². The molecule has 1 fully saturated rings. The Balaban J connectivity index is 1.81. The van der Waals surface area contributed by atoms with E-state index >= 15 is 0 Å². The minimum Gasteiger partial charge on any atom is -0.379 e. The van der Waals surface area contributed by atoms with Gasteiger partial charge in [-0.3, -0.25) is 5.10 Å². The Kier molecular flexibility index (Phi) is 3.34. The highest BCUT2D eigenvalue weighted by Gasteiger charge is 2.23. The van der Waals surface area contributed by atoms with E-state index in [1.807, 2.05) is 31.3 Å². The lowest BCUT2D eigenvalue weighted by molar-refractivity contribution is 0.193. The van der Waals surface area contributed by atoms with Gasteiger partial charge in [0.2, 0.25) is 5.95 Å². The Morgan fingerprint density at radius 1 is 1.30 bits per heavy atom. The second-order valence-corrected chi connectivity index (χ2v) is 5.74. The second-order valence-electron chi connectivity index (χ2n) is 5.74. The summed E-state index contributed by atoms with van der Waals surface area (Å²) in [7, 11) is 2.03. The number of anilines is 2. The summed E-state index contributed by atoms with van der Waals surface area (Å²) >= 11 is 0. The summed E-state index contributed by atoms with van der Waals surface area (Å²) in [5, 5.41) is 7.94. The van der Waals surface area contributed by atoms with Gasteiger partial charge in [0, 0.05) is 30.8 Å². The monoisotopic (exact) mass is 310 g/mol. The van der Waals surface area contributed by atoms with Gasteiger partial charge < -0.3 is 15.4 Å². The van der Waals surface area contributed by atoms with Gasteiger partial charge in [0.1, 0.15) is 5.82 Å². The molecule has 0 aliphatic carbocycles. The first-order chi connectivity index (χ1) is 11.2. The van der Waals surface area contributed by atoms with Crippen molar-refractivity contribution in [2.75, 3.05) is 30.9 Å². The standard InChI is InChI=1S/C16H18N6O/c1-22(11-5-7-23-9-11)15-12-3-2-10(13-4-6-18-21-13)8-14(12)19-16(17)20-15/h2-4,6,8,11H,5,7,9H2,1H3,(H,18,21)(H2,17,19,20). The van der Waals surface area contributed by atoms with Crippen LogP contribution in [0.1, 0.15) is 6.42 Å². The van der Waals surface area contributed by atoms with Crippen molar-refractivity contribution in [2.45, 2.75) is 12.5 Å². The second kappa shape index (κ2) is 5.51. The van der Waals surface area contributed by atoms with Gasteiger partial charge in [0.25, 0.3) is 0 Å². The summed E-state index contributed by atoms with van der Waals surface area (Å²) in [6.45, 7) is 1.51. The predicted molar refractivity (Wildman–Crippen MR) is 89.2 cm³/mol. The van der Waals surface area contributed by atoms with E-state index in [9.17, 15) is 0 Å². The van der Waals surface area contributed by atoms with E-state index in [4.69, 9.17) is 10.5 Å². The third-order valence-corrected chi connectivity index (χ3v) is 4.29. The predicted octanol–water partition coefficient (Wildman–Crippen LogP) is 1.83. The molecule has 0 spiro atoms. The first kappa shape index (κ1) is 14.0. The smallest absolute Gasteiger partial charge is 0.222 e. The number of aromatic amines is 1. The molecule has 7 heteroatoms. The molecule has 3 heterocycles. The molecule has 7 nitrogen and oxygen atoms in total. The Bertz CT molecular complexity index is 826. The number of benzene rings is 1. The third kappa shape index (κ3) is 2.49. The van der Waals surface area contributed by atoms with Crippen molar-refractivity contribution in [3.05, 3.63) is 30.5 Å². The normalized spacial score (nSPS) is 17.7. The minimum atomic E-state index is 0.278. The van der Waals surface area contributed by atoms with Crippen molar-refractivity contribution >= 4 is 22.7 Å². The van der Waals surface area contributed by atoms with Gasteiger partial charge in [-0.2, -0.15) is 10.1 Å². The third-order valence-electron chi connectivity index (χ3n) is 4.29. The molecule has 0 saturated carbocycles. The highest BCUT2D eigenvalue weighted by Crippen LogP contribution is 2.30. The number of rotatable bonds is 3. The van der Waals surface area contributed by atoms with Crippen molar-refractivity contribution < 1.29 is 4.74 Å². The number of hydrogen-bond acceptors (Lipinski definition) is 6. The molecule has 0 bridgehead atoms. The molecular weight excluding hydrogens is 292 g/mol. The van der Waals surface area contributed by atoms with Gasteiger partial charge in [-0.05, 0) is 24.6 Å². The van der Waals surface area contributed by atoms with Gasteiger partial charge in [-0.15, -0.1) is 0 Å². The summed E-state index contributed by atoms with van der Waals surface area (Å²) in [6, 6.07) is 8.32. The highest BCUT2D eigenvalue weighted by molar-refractivity contribution is 5.93. The van der Waals surface area contributed by atoms with Crippen molar-refractivity contribution in [1.82, 2.24) is 20.2 Å². The molecule has 1 atom stereocenters. The number of fused-ring (bicyclic) bond motifs is 1. The fraction of sp³-hybridized carbons (Fsp3) is 0.312. The van der Waals surface area contributed by atoms with Crippen LogP contribution in [0.5, 0.6) is 0 Å². The van der Waals surface area contributed by atoms with Crippen LogP contribution >= 0.6 is 0 Å². The van der Waals surface area contributed by atoms with Gasteiger partial charge >= 0.3 is 0 Å². The maximum atomic E-state index is 5.93. The number of nitrogens with zero attached hydrogens (tertiary/aromatic N) is 4. The molecule has 3 N–H and O–H groups in total. The molecule has 1 aliphatic heterocycles. The zero-order chi connectivity index (χ0) is 15.8. The summed E-state index contributed by atoms with van der Waals surface area (Å²) in [6.07, 6.45) is 2.72. The summed E-state index contributed by atoms with van der Waals surface area (Å²) < 4.78 is 5.48. The van der Waals surface area contributed by atoms with Crippen molar-refractivity contribution in [1.29, 1.82) is 0 Å². The lowest BCUT2D eigenvalue weighted by Crippen LogP contribution is -2.32. The zero-order valence-corrected chi connectivity index (χ0v) is 12.9. The molecule has 1 unspecified atom stereocenters. The number of likely N-dealkylation sites (N-methyl/N-ethyl adjacent to an activating group) is 1. The summed E-state index contributed by atoms with van der Waals surface area (Å²) in [5.41, 5.74) is 8.72. The van der Waals surface area contributed by atoms with Crippen LogP contribution in [0.25, 0.3) is 22.2 Å². The number of aromatic nitrogens is 4. The highest BCUT2D eigenvalue weighted by atomic mass is 16.5. The Morgan fingerprint density at radius 2 is 2.22 bits per heavy atom. The number of ether oxygens (including phenoxy) is 1. The van der Waals surface area contributed by atoms with E-state index in [-0.39, 0.29) is 5.95 Å². The van der Waals surface area contributed by atoms with E-state index in [1.54, 1.807) is 6.20 Å². The lowest BCUT2D eigenvalue weighted by atomic mass is 10.1. The fourth-order valence-electron chi connectivity index (χ4n) is 2.98. The Hall–Kier alpha value is -2.67. The topological polar surface area (TPSA) is 93.0 Å². The number of nitrogen functional groups attached to an aromatic ring is 1. The average Bonchev–Trinajstić information content (AvgIpc) is 3.26. The van der Waals surface area contributed by atoms with Crippen LogP contribution in [0, 0.1) is 0 Å². The molecule has 0 radical (unpaired) electrons. The van der Waals surface area contributed by atoms with Crippen molar-refractivity contribution in [2.24, 2.45) is 0 Å². The van der Waals surface area contributed by atoms with Crippen molar-refractivity contribution in [3.8, 4) is 11.3 Å². The minimum absolute atomic E-state index is 0.278. The van der Waals surface area contributed by atoms with E-state index in [2.05, 4.69) is 25.1 Å². The average molecular weight is 310 g/mol. The van der Waals surface area contributed by atoms with Crippen molar-refractivity contribution in [3.63, 3.8) is 0 Å². The Morgan fingerprint density at radius 3 is 2.96 bits per heavy atom. The molecule has 0 amide bonds. The van der Waals surface area contributed by atoms with Crippen LogP contribution in [0.4, 0.5) is 11.8 Å². The van der Waals surface area contributed by atoms with Crippen LogP contribution in [0.15, 0.2) is 30.5 Å². The molecule has 2 aromatic heterocycles. The maximum Gasteiger partial charge on any atom is 0.222 e. The summed E-state index contributed by atoms with van der Waals surface area (Å²) in [5.74, 6) is 1.12. The van der Waals surface area contributed by atoms with Crippen LogP contribution < -0.4 is 10.6 Å². The molecule has 1 aliphatic rings. The van der Waals surface area contributed by atoms with Crippen LogP contribution in [0.3, 0.4) is 0 Å². The van der Waals surface area contributed by atoms with Gasteiger partial charge in [0.05, 0.1) is 23.9 Å². The first-order valence-electron chi connectivity index (χ1n) is 7.60. The molecule has 1 aromatic carbocycles. The van der Waals surface area contributed by atoms with Gasteiger partial charge in [-0.1, -0.05) is 6.07 Å². The first-order valence-corrected chi connectivity index (χ1v) is 7.60. The largest absolute Gasteiger partial charge is 0.379 e. The zero-order valence-electron chi connectivity index (χ0n) is 12.9. The maximum absolute atomic E-state index is 5.93. The molecular formula is C16H18N6O. The molecule has 23 heavy (non-hydrogen) atoms. The molecule has 1 saturated heterocycles. The SMILES string of the molecule is CN(c1nc(N)nc2cc(-c3ccn[nH]3)ccc12)C1CCOC1. The van der Waals surface area contributed by atoms with E-state index in [0.29, 0.717) is 12.6 Å². The van der Waals surface area contributed by atoms with E-state index < -0.39 is 0 Å². The van der Waals surface area contributed by atoms with E-state index in [1.165, 1.54) is 0 Å². The van der Waals surface area contributed by atoms with Gasteiger partial charge in [-0.25, -0.2) is 4.98 Å². The quantitative estimate of drug-likeness (QED) is 0.766. The lowest BCUT2D eigenvalue weighted by Gasteiger charge is -2.25.